The SMILES string of the molecule is C[C@@H](Oc1nc(-c2ccc3nccn3c2)cc2ncn(C3CC3)c12)[C@H]1CNC(=O)C1. The van der Waals surface area contributed by atoms with Gasteiger partial charge in [0, 0.05) is 49.1 Å². The Kier molecular flexibility index (Phi) is 3.81. The van der Waals surface area contributed by atoms with Crippen molar-refractivity contribution >= 4 is 22.6 Å². The highest BCUT2D eigenvalue weighted by Crippen LogP contribution is 2.40. The molecule has 0 spiro atoms. The summed E-state index contributed by atoms with van der Waals surface area (Å²) in [5, 5.41) is 2.89. The molecule has 5 heterocycles. The molecule has 0 radical (unpaired) electrons. The Bertz CT molecular complexity index is 1270. The van der Waals surface area contributed by atoms with Gasteiger partial charge in [-0.3, -0.25) is 4.79 Å². The summed E-state index contributed by atoms with van der Waals surface area (Å²) in [6, 6.07) is 6.48. The first-order chi connectivity index (χ1) is 14.7. The predicted molar refractivity (Wildman–Crippen MR) is 111 cm³/mol. The Morgan fingerprint density at radius 1 is 1.27 bits per heavy atom. The Balaban J connectivity index is 1.44. The Hall–Kier alpha value is -3.42. The monoisotopic (exact) mass is 402 g/mol. The van der Waals surface area contributed by atoms with Crippen molar-refractivity contribution in [3.8, 4) is 17.1 Å². The third-order valence-electron chi connectivity index (χ3n) is 6.12. The number of carbonyl (C=O) groups is 1. The summed E-state index contributed by atoms with van der Waals surface area (Å²) in [6.45, 7) is 2.66. The van der Waals surface area contributed by atoms with Crippen LogP contribution in [0.3, 0.4) is 0 Å². The topological polar surface area (TPSA) is 86.3 Å². The first-order valence-corrected chi connectivity index (χ1v) is 10.4. The molecule has 1 aliphatic carbocycles. The lowest BCUT2D eigenvalue weighted by Gasteiger charge is -2.20. The third kappa shape index (κ3) is 2.91. The Labute approximate surface area is 172 Å². The van der Waals surface area contributed by atoms with E-state index in [1.54, 1.807) is 6.20 Å². The maximum absolute atomic E-state index is 11.7. The number of hydrogen-bond acceptors (Lipinski definition) is 5. The molecule has 8 heteroatoms. The van der Waals surface area contributed by atoms with Gasteiger partial charge in [0.25, 0.3) is 0 Å². The van der Waals surface area contributed by atoms with Crippen molar-refractivity contribution in [2.75, 3.05) is 6.54 Å². The second-order valence-electron chi connectivity index (χ2n) is 8.27. The molecule has 152 valence electrons. The molecule has 0 unspecified atom stereocenters. The largest absolute Gasteiger partial charge is 0.473 e. The van der Waals surface area contributed by atoms with E-state index in [2.05, 4.69) is 19.9 Å². The molecule has 1 aliphatic heterocycles. The van der Waals surface area contributed by atoms with E-state index in [4.69, 9.17) is 9.72 Å². The molecule has 0 aromatic carbocycles. The molecule has 2 aliphatic rings. The van der Waals surface area contributed by atoms with Crippen LogP contribution < -0.4 is 10.1 Å². The van der Waals surface area contributed by atoms with Gasteiger partial charge in [-0.1, -0.05) is 0 Å². The highest BCUT2D eigenvalue weighted by Gasteiger charge is 2.31. The lowest BCUT2D eigenvalue weighted by molar-refractivity contribution is -0.119. The van der Waals surface area contributed by atoms with E-state index in [0.717, 1.165) is 40.8 Å². The first-order valence-electron chi connectivity index (χ1n) is 10.4. The molecule has 0 bridgehead atoms. The zero-order chi connectivity index (χ0) is 20.2. The van der Waals surface area contributed by atoms with Gasteiger partial charge in [-0.15, -0.1) is 0 Å². The number of nitrogens with one attached hydrogen (secondary N) is 1. The molecule has 4 aromatic rings. The summed E-state index contributed by atoms with van der Waals surface area (Å²) in [6.07, 6.45) is 10.3. The molecular formula is C22H22N6O2. The normalized spacial score (nSPS) is 20.0. The highest BCUT2D eigenvalue weighted by molar-refractivity contribution is 5.85. The molecule has 4 aromatic heterocycles. The van der Waals surface area contributed by atoms with E-state index in [1.807, 2.05) is 48.2 Å². The standard InChI is InChI=1S/C22H22N6O2/c1-13(15-8-20(29)24-10-15)30-22-21-18(25-12-28(21)16-3-4-16)9-17(26-22)14-2-5-19-23-6-7-27(19)11-14/h2,5-7,9,11-13,15-16H,3-4,8,10H2,1H3,(H,24,29)/t13-,15-/m1/s1. The predicted octanol–water partition coefficient (Wildman–Crippen LogP) is 2.98. The minimum Gasteiger partial charge on any atom is -0.473 e. The smallest absolute Gasteiger partial charge is 0.241 e. The Morgan fingerprint density at radius 2 is 2.17 bits per heavy atom. The summed E-state index contributed by atoms with van der Waals surface area (Å²) >= 11 is 0. The van der Waals surface area contributed by atoms with Crippen molar-refractivity contribution in [1.82, 2.24) is 29.2 Å². The van der Waals surface area contributed by atoms with Crippen LogP contribution in [0.15, 0.2) is 43.1 Å². The molecule has 1 saturated carbocycles. The van der Waals surface area contributed by atoms with Crippen LogP contribution in [0.2, 0.25) is 0 Å². The summed E-state index contributed by atoms with van der Waals surface area (Å²) in [4.78, 5) is 25.5. The highest BCUT2D eigenvalue weighted by atomic mass is 16.5. The van der Waals surface area contributed by atoms with Gasteiger partial charge in [-0.2, -0.15) is 0 Å². The minimum atomic E-state index is -0.131. The molecule has 1 N–H and O–H groups in total. The average molecular weight is 402 g/mol. The first kappa shape index (κ1) is 17.4. The van der Waals surface area contributed by atoms with E-state index in [0.29, 0.717) is 24.9 Å². The molecule has 6 rings (SSSR count). The van der Waals surface area contributed by atoms with Crippen molar-refractivity contribution in [2.45, 2.75) is 38.3 Å². The number of pyridine rings is 2. The van der Waals surface area contributed by atoms with Gasteiger partial charge in [-0.25, -0.2) is 15.0 Å². The van der Waals surface area contributed by atoms with E-state index in [9.17, 15) is 4.79 Å². The summed E-state index contributed by atoms with van der Waals surface area (Å²) in [5.41, 5.74) is 4.48. The summed E-state index contributed by atoms with van der Waals surface area (Å²) < 4.78 is 10.5. The molecule has 2 atom stereocenters. The van der Waals surface area contributed by atoms with Gasteiger partial charge >= 0.3 is 0 Å². The van der Waals surface area contributed by atoms with Crippen molar-refractivity contribution in [1.29, 1.82) is 0 Å². The average Bonchev–Trinajstić information content (AvgIpc) is 3.14. The van der Waals surface area contributed by atoms with Gasteiger partial charge in [-0.05, 0) is 38.0 Å². The lowest BCUT2D eigenvalue weighted by atomic mass is 10.0. The number of carbonyl (C=O) groups excluding carboxylic acids is 1. The zero-order valence-electron chi connectivity index (χ0n) is 16.7. The van der Waals surface area contributed by atoms with Crippen molar-refractivity contribution in [3.05, 3.63) is 43.1 Å². The number of aromatic nitrogens is 5. The Morgan fingerprint density at radius 3 is 2.97 bits per heavy atom. The number of hydrogen-bond donors (Lipinski definition) is 1. The minimum absolute atomic E-state index is 0.0824. The van der Waals surface area contributed by atoms with Gasteiger partial charge in [0.05, 0.1) is 17.5 Å². The van der Waals surface area contributed by atoms with Gasteiger partial charge < -0.3 is 19.0 Å². The van der Waals surface area contributed by atoms with Crippen LogP contribution in [0.25, 0.3) is 27.9 Å². The van der Waals surface area contributed by atoms with Crippen molar-refractivity contribution < 1.29 is 9.53 Å². The summed E-state index contributed by atoms with van der Waals surface area (Å²) in [7, 11) is 0. The quantitative estimate of drug-likeness (QED) is 0.555. The fourth-order valence-corrected chi connectivity index (χ4v) is 4.19. The van der Waals surface area contributed by atoms with Gasteiger partial charge in [0.15, 0.2) is 0 Å². The van der Waals surface area contributed by atoms with Crippen molar-refractivity contribution in [3.63, 3.8) is 0 Å². The molecule has 2 fully saturated rings. The zero-order valence-corrected chi connectivity index (χ0v) is 16.7. The number of amides is 1. The van der Waals surface area contributed by atoms with E-state index < -0.39 is 0 Å². The molecule has 8 nitrogen and oxygen atoms in total. The van der Waals surface area contributed by atoms with Crippen LogP contribution in [0.4, 0.5) is 0 Å². The van der Waals surface area contributed by atoms with E-state index >= 15 is 0 Å². The molecule has 1 saturated heterocycles. The van der Waals surface area contributed by atoms with Crippen LogP contribution >= 0.6 is 0 Å². The fourth-order valence-electron chi connectivity index (χ4n) is 4.19. The summed E-state index contributed by atoms with van der Waals surface area (Å²) in [5.74, 6) is 0.807. The van der Waals surface area contributed by atoms with Crippen molar-refractivity contribution in [2.24, 2.45) is 5.92 Å². The molecule has 30 heavy (non-hydrogen) atoms. The third-order valence-corrected chi connectivity index (χ3v) is 6.12. The van der Waals surface area contributed by atoms with Gasteiger partial charge in [0.1, 0.15) is 17.3 Å². The van der Waals surface area contributed by atoms with E-state index in [-0.39, 0.29) is 17.9 Å². The van der Waals surface area contributed by atoms with Crippen LogP contribution in [-0.2, 0) is 4.79 Å². The van der Waals surface area contributed by atoms with Crippen LogP contribution in [0.5, 0.6) is 5.88 Å². The van der Waals surface area contributed by atoms with Crippen LogP contribution in [-0.4, -0.2) is 42.5 Å². The number of fused-ring (bicyclic) bond motifs is 2. The number of rotatable bonds is 5. The molecular weight excluding hydrogens is 380 g/mol. The fraction of sp³-hybridized carbons (Fsp3) is 0.364. The number of imidazole rings is 2. The maximum atomic E-state index is 11.7. The lowest BCUT2D eigenvalue weighted by Crippen LogP contribution is -2.26. The van der Waals surface area contributed by atoms with E-state index in [1.165, 1.54) is 0 Å². The molecule has 1 amide bonds. The van der Waals surface area contributed by atoms with Crippen LogP contribution in [0.1, 0.15) is 32.2 Å². The number of ether oxygens (including phenoxy) is 1. The maximum Gasteiger partial charge on any atom is 0.241 e. The second-order valence-corrected chi connectivity index (χ2v) is 8.27. The number of nitrogens with zero attached hydrogens (tertiary/aromatic N) is 5. The second kappa shape index (κ2) is 6.55. The van der Waals surface area contributed by atoms with Gasteiger partial charge in [0.2, 0.25) is 11.8 Å². The van der Waals surface area contributed by atoms with Crippen LogP contribution in [0, 0.1) is 5.92 Å².